The number of anilines is 2. The number of ether oxygens (including phenoxy) is 1. The molecule has 0 spiro atoms. The van der Waals surface area contributed by atoms with Gasteiger partial charge >= 0.3 is 5.97 Å². The summed E-state index contributed by atoms with van der Waals surface area (Å²) in [6.07, 6.45) is 1.25. The van der Waals surface area contributed by atoms with Gasteiger partial charge in [0.25, 0.3) is 6.01 Å². The zero-order valence-corrected chi connectivity index (χ0v) is 12.9. The topological polar surface area (TPSA) is 64.4 Å². The molecule has 7 heteroatoms. The van der Waals surface area contributed by atoms with Crippen LogP contribution in [-0.4, -0.2) is 17.6 Å². The summed E-state index contributed by atoms with van der Waals surface area (Å²) >= 11 is 8.01. The van der Waals surface area contributed by atoms with Crippen LogP contribution in [0.5, 0.6) is 0 Å². The van der Waals surface area contributed by atoms with Crippen LogP contribution in [0.4, 0.5) is 11.7 Å². The van der Waals surface area contributed by atoms with E-state index in [0.29, 0.717) is 11.6 Å². The first kappa shape index (κ1) is 14.1. The normalized spacial score (nSPS) is 10.3. The SMILES string of the molecule is CCOC(=O)c1coc(Nc2ccc(Cl)cc2I)n1. The minimum atomic E-state index is -0.509. The Morgan fingerprint density at radius 1 is 1.58 bits per heavy atom. The van der Waals surface area contributed by atoms with Crippen LogP contribution in [-0.2, 0) is 4.74 Å². The molecule has 0 atom stereocenters. The lowest BCUT2D eigenvalue weighted by Crippen LogP contribution is -2.05. The minimum Gasteiger partial charge on any atom is -0.461 e. The van der Waals surface area contributed by atoms with E-state index < -0.39 is 5.97 Å². The molecule has 100 valence electrons. The summed E-state index contributed by atoms with van der Waals surface area (Å²) in [6.45, 7) is 2.02. The molecular weight excluding hydrogens is 382 g/mol. The summed E-state index contributed by atoms with van der Waals surface area (Å²) in [4.78, 5) is 15.4. The maximum absolute atomic E-state index is 11.4. The van der Waals surface area contributed by atoms with Crippen LogP contribution >= 0.6 is 34.2 Å². The van der Waals surface area contributed by atoms with Crippen molar-refractivity contribution in [1.29, 1.82) is 0 Å². The number of hydrogen-bond donors (Lipinski definition) is 1. The number of hydrogen-bond acceptors (Lipinski definition) is 5. The van der Waals surface area contributed by atoms with E-state index in [1.807, 2.05) is 0 Å². The lowest BCUT2D eigenvalue weighted by molar-refractivity contribution is 0.0519. The van der Waals surface area contributed by atoms with Gasteiger partial charge in [0, 0.05) is 8.59 Å². The van der Waals surface area contributed by atoms with Gasteiger partial charge < -0.3 is 14.5 Å². The average molecular weight is 393 g/mol. The van der Waals surface area contributed by atoms with Gasteiger partial charge in [-0.05, 0) is 47.7 Å². The lowest BCUT2D eigenvalue weighted by atomic mass is 10.3. The Bertz CT molecular complexity index is 600. The van der Waals surface area contributed by atoms with Crippen molar-refractivity contribution in [3.8, 4) is 0 Å². The fourth-order valence-electron chi connectivity index (χ4n) is 1.34. The van der Waals surface area contributed by atoms with Gasteiger partial charge in [-0.3, -0.25) is 0 Å². The van der Waals surface area contributed by atoms with E-state index in [1.54, 1.807) is 25.1 Å². The zero-order chi connectivity index (χ0) is 13.8. The maximum atomic E-state index is 11.4. The molecule has 1 heterocycles. The molecule has 1 aromatic heterocycles. The fourth-order valence-corrected chi connectivity index (χ4v) is 2.34. The van der Waals surface area contributed by atoms with Crippen LogP contribution in [0.3, 0.4) is 0 Å². The predicted octanol–water partition coefficient (Wildman–Crippen LogP) is 3.85. The highest BCUT2D eigenvalue weighted by Gasteiger charge is 2.13. The van der Waals surface area contributed by atoms with Crippen molar-refractivity contribution >= 4 is 51.9 Å². The van der Waals surface area contributed by atoms with Crippen molar-refractivity contribution in [1.82, 2.24) is 4.98 Å². The van der Waals surface area contributed by atoms with Gasteiger partial charge in [-0.25, -0.2) is 4.79 Å². The van der Waals surface area contributed by atoms with E-state index in [2.05, 4.69) is 32.9 Å². The first-order chi connectivity index (χ1) is 9.10. The van der Waals surface area contributed by atoms with Crippen LogP contribution in [0.1, 0.15) is 17.4 Å². The Balaban J connectivity index is 2.13. The highest BCUT2D eigenvalue weighted by molar-refractivity contribution is 14.1. The van der Waals surface area contributed by atoms with Crippen molar-refractivity contribution in [2.45, 2.75) is 6.92 Å². The highest BCUT2D eigenvalue weighted by atomic mass is 127. The summed E-state index contributed by atoms with van der Waals surface area (Å²) in [6, 6.07) is 5.59. The van der Waals surface area contributed by atoms with Crippen molar-refractivity contribution < 1.29 is 13.9 Å². The standard InChI is InChI=1S/C12H10ClIN2O3/c1-2-18-11(17)10-6-19-12(16-10)15-9-4-3-7(13)5-8(9)14/h3-6H,2H2,1H3,(H,15,16). The molecule has 5 nitrogen and oxygen atoms in total. The number of esters is 1. The predicted molar refractivity (Wildman–Crippen MR) is 79.9 cm³/mol. The quantitative estimate of drug-likeness (QED) is 0.632. The summed E-state index contributed by atoms with van der Waals surface area (Å²) in [7, 11) is 0. The third-order valence-corrected chi connectivity index (χ3v) is 3.29. The lowest BCUT2D eigenvalue weighted by Gasteiger charge is -2.04. The van der Waals surface area contributed by atoms with Gasteiger partial charge in [0.2, 0.25) is 0 Å². The van der Waals surface area contributed by atoms with Crippen LogP contribution in [0.2, 0.25) is 5.02 Å². The number of carbonyl (C=O) groups is 1. The number of halogens is 2. The molecule has 0 unspecified atom stereocenters. The molecule has 0 amide bonds. The molecule has 0 aliphatic carbocycles. The number of carbonyl (C=O) groups excluding carboxylic acids is 1. The largest absolute Gasteiger partial charge is 0.461 e. The van der Waals surface area contributed by atoms with E-state index in [1.165, 1.54) is 6.26 Å². The van der Waals surface area contributed by atoms with Crippen LogP contribution in [0.25, 0.3) is 0 Å². The van der Waals surface area contributed by atoms with E-state index >= 15 is 0 Å². The Hall–Kier alpha value is -1.28. The number of benzene rings is 1. The zero-order valence-electron chi connectivity index (χ0n) is 9.94. The second kappa shape index (κ2) is 6.25. The summed E-state index contributed by atoms with van der Waals surface area (Å²) in [5.74, 6) is -0.509. The van der Waals surface area contributed by atoms with Gasteiger partial charge in [-0.15, -0.1) is 0 Å². The Kier molecular flexibility index (Phi) is 4.65. The van der Waals surface area contributed by atoms with Crippen molar-refractivity contribution in [3.05, 3.63) is 38.7 Å². The summed E-state index contributed by atoms with van der Waals surface area (Å²) in [5.41, 5.74) is 0.926. The van der Waals surface area contributed by atoms with E-state index in [9.17, 15) is 4.79 Å². The first-order valence-corrected chi connectivity index (χ1v) is 6.90. The second-order valence-electron chi connectivity index (χ2n) is 3.51. The summed E-state index contributed by atoms with van der Waals surface area (Å²) < 4.78 is 10.9. The van der Waals surface area contributed by atoms with Gasteiger partial charge in [0.15, 0.2) is 5.69 Å². The van der Waals surface area contributed by atoms with Crippen molar-refractivity contribution in [2.24, 2.45) is 0 Å². The van der Waals surface area contributed by atoms with Gasteiger partial charge in [0.1, 0.15) is 6.26 Å². The first-order valence-electron chi connectivity index (χ1n) is 5.45. The maximum Gasteiger partial charge on any atom is 0.360 e. The molecule has 2 aromatic rings. The van der Waals surface area contributed by atoms with E-state index in [-0.39, 0.29) is 11.7 Å². The molecule has 0 saturated heterocycles. The number of oxazole rings is 1. The molecule has 0 saturated carbocycles. The fraction of sp³-hybridized carbons (Fsp3) is 0.167. The molecule has 0 fully saturated rings. The third kappa shape index (κ3) is 3.60. The number of rotatable bonds is 4. The molecule has 19 heavy (non-hydrogen) atoms. The van der Waals surface area contributed by atoms with Gasteiger partial charge in [-0.1, -0.05) is 11.6 Å². The van der Waals surface area contributed by atoms with Crippen LogP contribution in [0.15, 0.2) is 28.9 Å². The molecule has 0 aliphatic rings. The highest BCUT2D eigenvalue weighted by Crippen LogP contribution is 2.25. The molecule has 0 aliphatic heterocycles. The molecule has 1 N–H and O–H groups in total. The van der Waals surface area contributed by atoms with Gasteiger partial charge in [0.05, 0.1) is 12.3 Å². The number of aromatic nitrogens is 1. The van der Waals surface area contributed by atoms with Crippen molar-refractivity contribution in [2.75, 3.05) is 11.9 Å². The Morgan fingerprint density at radius 2 is 2.37 bits per heavy atom. The number of nitrogens with one attached hydrogen (secondary N) is 1. The smallest absolute Gasteiger partial charge is 0.360 e. The number of nitrogens with zero attached hydrogens (tertiary/aromatic N) is 1. The van der Waals surface area contributed by atoms with Crippen molar-refractivity contribution in [3.63, 3.8) is 0 Å². The Labute approximate surface area is 128 Å². The minimum absolute atomic E-state index is 0.133. The van der Waals surface area contributed by atoms with Crippen LogP contribution in [0, 0.1) is 3.57 Å². The third-order valence-electron chi connectivity index (χ3n) is 2.16. The molecular formula is C12H10ClIN2O3. The molecule has 2 rings (SSSR count). The van der Waals surface area contributed by atoms with E-state index in [4.69, 9.17) is 20.8 Å². The average Bonchev–Trinajstić information content (AvgIpc) is 2.82. The second-order valence-corrected chi connectivity index (χ2v) is 5.11. The molecule has 0 bridgehead atoms. The van der Waals surface area contributed by atoms with Crippen LogP contribution < -0.4 is 5.32 Å². The van der Waals surface area contributed by atoms with Gasteiger partial charge in [-0.2, -0.15) is 4.98 Å². The molecule has 0 radical (unpaired) electrons. The molecule has 1 aromatic carbocycles. The Morgan fingerprint density at radius 3 is 3.05 bits per heavy atom. The monoisotopic (exact) mass is 392 g/mol. The summed E-state index contributed by atoms with van der Waals surface area (Å²) in [5, 5.41) is 3.61. The van der Waals surface area contributed by atoms with E-state index in [0.717, 1.165) is 9.26 Å².